The highest BCUT2D eigenvalue weighted by molar-refractivity contribution is 5.84. The lowest BCUT2D eigenvalue weighted by Gasteiger charge is -2.02. The van der Waals surface area contributed by atoms with Crippen LogP contribution in [-0.4, -0.2) is 28.2 Å². The van der Waals surface area contributed by atoms with Gasteiger partial charge in [0.25, 0.3) is 0 Å². The Morgan fingerprint density at radius 2 is 2.21 bits per heavy atom. The summed E-state index contributed by atoms with van der Waals surface area (Å²) in [5.74, 6) is 0. The molecule has 0 aliphatic carbocycles. The van der Waals surface area contributed by atoms with Crippen LogP contribution in [-0.2, 0) is 0 Å². The first-order valence-corrected chi connectivity index (χ1v) is 4.10. The minimum Gasteiger partial charge on any atom is -0.340 e. The number of aromatic nitrogens is 3. The van der Waals surface area contributed by atoms with Crippen molar-refractivity contribution in [3.8, 4) is 0 Å². The average molecular weight is 191 g/mol. The van der Waals surface area contributed by atoms with E-state index in [2.05, 4.69) is 21.1 Å². The van der Waals surface area contributed by atoms with E-state index in [9.17, 15) is 4.79 Å². The molecule has 0 saturated heterocycles. The van der Waals surface area contributed by atoms with Crippen LogP contribution < -0.4 is 10.7 Å². The number of carbonyl (C=O) groups is 1. The van der Waals surface area contributed by atoms with E-state index in [0.717, 1.165) is 11.0 Å². The number of hydrogen-bond donors (Lipinski definition) is 2. The molecule has 2 amide bonds. The smallest absolute Gasteiger partial charge is 0.334 e. The Morgan fingerprint density at radius 3 is 3.00 bits per heavy atom. The molecule has 2 aromatic rings. The molecule has 0 radical (unpaired) electrons. The first kappa shape index (κ1) is 8.49. The third-order valence-corrected chi connectivity index (χ3v) is 1.79. The van der Waals surface area contributed by atoms with Crippen molar-refractivity contribution in [2.75, 3.05) is 12.5 Å². The molecule has 6 heteroatoms. The van der Waals surface area contributed by atoms with Crippen molar-refractivity contribution in [1.29, 1.82) is 0 Å². The van der Waals surface area contributed by atoms with Gasteiger partial charge in [-0.1, -0.05) is 12.1 Å². The maximum Gasteiger partial charge on any atom is 0.334 e. The zero-order valence-electron chi connectivity index (χ0n) is 7.56. The van der Waals surface area contributed by atoms with Gasteiger partial charge in [0.2, 0.25) is 0 Å². The summed E-state index contributed by atoms with van der Waals surface area (Å²) in [6.45, 7) is 0. The van der Waals surface area contributed by atoms with Gasteiger partial charge in [-0.25, -0.2) is 10.2 Å². The Kier molecular flexibility index (Phi) is 2.02. The van der Waals surface area contributed by atoms with Gasteiger partial charge < -0.3 is 5.32 Å². The van der Waals surface area contributed by atoms with Crippen LogP contribution in [0.4, 0.5) is 4.79 Å². The highest BCUT2D eigenvalue weighted by Crippen LogP contribution is 2.07. The first-order valence-electron chi connectivity index (χ1n) is 4.10. The van der Waals surface area contributed by atoms with Crippen molar-refractivity contribution in [2.45, 2.75) is 0 Å². The summed E-state index contributed by atoms with van der Waals surface area (Å²) >= 11 is 0. The number of amides is 2. The summed E-state index contributed by atoms with van der Waals surface area (Å²) in [5, 5.41) is 10.1. The molecule has 0 aliphatic rings. The predicted molar refractivity (Wildman–Crippen MR) is 51.3 cm³/mol. The van der Waals surface area contributed by atoms with Crippen molar-refractivity contribution in [3.63, 3.8) is 0 Å². The highest BCUT2D eigenvalue weighted by atomic mass is 16.2. The summed E-state index contributed by atoms with van der Waals surface area (Å²) in [6.07, 6.45) is 0. The standard InChI is InChI=1S/C8H9N5O/c1-9-8(14)11-13-7-5-3-2-4-6(7)10-12-13/h2-5H,1H3,(H2,9,11,14). The second-order valence-corrected chi connectivity index (χ2v) is 2.68. The maximum absolute atomic E-state index is 11.0. The normalized spacial score (nSPS) is 10.1. The molecule has 1 aromatic carbocycles. The molecular formula is C8H9N5O. The minimum atomic E-state index is -0.333. The Hall–Kier alpha value is -2.11. The lowest BCUT2D eigenvalue weighted by atomic mass is 10.3. The molecule has 6 nitrogen and oxygen atoms in total. The summed E-state index contributed by atoms with van der Waals surface area (Å²) in [6, 6.07) is 7.03. The second-order valence-electron chi connectivity index (χ2n) is 2.68. The van der Waals surface area contributed by atoms with Gasteiger partial charge in [0.1, 0.15) is 11.0 Å². The van der Waals surface area contributed by atoms with Crippen molar-refractivity contribution in [1.82, 2.24) is 20.4 Å². The number of carbonyl (C=O) groups excluding carboxylic acids is 1. The van der Waals surface area contributed by atoms with Gasteiger partial charge in [-0.05, 0) is 17.3 Å². The third kappa shape index (κ3) is 1.37. The minimum absolute atomic E-state index is 0.333. The summed E-state index contributed by atoms with van der Waals surface area (Å²) in [7, 11) is 1.54. The van der Waals surface area contributed by atoms with Crippen molar-refractivity contribution in [3.05, 3.63) is 24.3 Å². The van der Waals surface area contributed by atoms with E-state index in [1.165, 1.54) is 11.8 Å². The van der Waals surface area contributed by atoms with Crippen LogP contribution in [0.25, 0.3) is 11.0 Å². The van der Waals surface area contributed by atoms with Crippen molar-refractivity contribution < 1.29 is 4.79 Å². The summed E-state index contributed by atoms with van der Waals surface area (Å²) < 4.78 is 0. The average Bonchev–Trinajstić information content (AvgIpc) is 2.62. The molecule has 0 aliphatic heterocycles. The molecule has 1 heterocycles. The van der Waals surface area contributed by atoms with E-state index in [1.807, 2.05) is 24.3 Å². The zero-order valence-corrected chi connectivity index (χ0v) is 7.56. The molecule has 0 spiro atoms. The zero-order chi connectivity index (χ0) is 9.97. The molecule has 0 atom stereocenters. The SMILES string of the molecule is CNC(=O)Nn1nnc2ccccc21. The van der Waals surface area contributed by atoms with Gasteiger partial charge in [-0.15, -0.1) is 9.89 Å². The van der Waals surface area contributed by atoms with E-state index in [-0.39, 0.29) is 6.03 Å². The second kappa shape index (κ2) is 3.33. The molecule has 0 saturated carbocycles. The van der Waals surface area contributed by atoms with Crippen molar-refractivity contribution >= 4 is 17.1 Å². The van der Waals surface area contributed by atoms with Crippen LogP contribution in [0.3, 0.4) is 0 Å². The lowest BCUT2D eigenvalue weighted by Crippen LogP contribution is -2.32. The van der Waals surface area contributed by atoms with Crippen LogP contribution in [0.2, 0.25) is 0 Å². The predicted octanol–water partition coefficient (Wildman–Crippen LogP) is 0.314. The largest absolute Gasteiger partial charge is 0.340 e. The fraction of sp³-hybridized carbons (Fsp3) is 0.125. The van der Waals surface area contributed by atoms with Crippen LogP contribution in [0.15, 0.2) is 24.3 Å². The van der Waals surface area contributed by atoms with Gasteiger partial charge >= 0.3 is 6.03 Å². The van der Waals surface area contributed by atoms with E-state index < -0.39 is 0 Å². The number of rotatable bonds is 1. The summed E-state index contributed by atoms with van der Waals surface area (Å²) in [4.78, 5) is 12.3. The number of nitrogens with zero attached hydrogens (tertiary/aromatic N) is 3. The van der Waals surface area contributed by atoms with Crippen LogP contribution >= 0.6 is 0 Å². The molecule has 2 N–H and O–H groups in total. The maximum atomic E-state index is 11.0. The van der Waals surface area contributed by atoms with Crippen molar-refractivity contribution in [2.24, 2.45) is 0 Å². The highest BCUT2D eigenvalue weighted by Gasteiger charge is 2.04. The molecule has 72 valence electrons. The fourth-order valence-electron chi connectivity index (χ4n) is 1.10. The molecule has 2 rings (SSSR count). The van der Waals surface area contributed by atoms with Crippen LogP contribution in [0.1, 0.15) is 0 Å². The first-order chi connectivity index (χ1) is 6.81. The van der Waals surface area contributed by atoms with E-state index in [0.29, 0.717) is 0 Å². The van der Waals surface area contributed by atoms with Gasteiger partial charge in [-0.2, -0.15) is 0 Å². The Balaban J connectivity index is 2.38. The van der Waals surface area contributed by atoms with Crippen LogP contribution in [0.5, 0.6) is 0 Å². The number of urea groups is 1. The van der Waals surface area contributed by atoms with Gasteiger partial charge in [-0.3, -0.25) is 0 Å². The van der Waals surface area contributed by atoms with E-state index in [4.69, 9.17) is 0 Å². The monoisotopic (exact) mass is 191 g/mol. The summed E-state index contributed by atoms with van der Waals surface area (Å²) in [5.41, 5.74) is 4.01. The number of hydrogen-bond acceptors (Lipinski definition) is 3. The Labute approximate surface area is 79.9 Å². The number of benzene rings is 1. The molecule has 0 unspecified atom stereocenters. The lowest BCUT2D eigenvalue weighted by molar-refractivity contribution is 0.251. The molecule has 14 heavy (non-hydrogen) atoms. The molecular weight excluding hydrogens is 182 g/mol. The fourth-order valence-corrected chi connectivity index (χ4v) is 1.10. The Bertz CT molecular complexity index is 463. The topological polar surface area (TPSA) is 71.8 Å². The quantitative estimate of drug-likeness (QED) is 0.681. The van der Waals surface area contributed by atoms with E-state index in [1.54, 1.807) is 0 Å². The number of para-hydroxylation sites is 1. The van der Waals surface area contributed by atoms with Gasteiger partial charge in [0, 0.05) is 7.05 Å². The van der Waals surface area contributed by atoms with Crippen LogP contribution in [0, 0.1) is 0 Å². The molecule has 0 fully saturated rings. The van der Waals surface area contributed by atoms with Gasteiger partial charge in [0.15, 0.2) is 0 Å². The number of fused-ring (bicyclic) bond motifs is 1. The number of nitrogens with one attached hydrogen (secondary N) is 2. The third-order valence-electron chi connectivity index (χ3n) is 1.79. The van der Waals surface area contributed by atoms with E-state index >= 15 is 0 Å². The molecule has 0 bridgehead atoms. The Morgan fingerprint density at radius 1 is 1.43 bits per heavy atom. The molecule has 1 aromatic heterocycles. The van der Waals surface area contributed by atoms with Gasteiger partial charge in [0.05, 0.1) is 0 Å².